The van der Waals surface area contributed by atoms with Gasteiger partial charge in [0.15, 0.2) is 0 Å². The van der Waals surface area contributed by atoms with Crippen molar-refractivity contribution in [1.82, 2.24) is 0 Å². The lowest BCUT2D eigenvalue weighted by Crippen LogP contribution is -2.16. The van der Waals surface area contributed by atoms with Gasteiger partial charge in [-0.1, -0.05) is 39.3 Å². The largest absolute Gasteiger partial charge is 0.461 e. The van der Waals surface area contributed by atoms with Gasteiger partial charge in [0, 0.05) is 0 Å². The van der Waals surface area contributed by atoms with Crippen molar-refractivity contribution in [3.63, 3.8) is 0 Å². The standard InChI is InChI=1S/C12H22O2/c1-4-7-8-9-10-14-12(13)11(5-2)6-3/h8-9,11H,4-7,10H2,1-3H3/b9-8+. The second-order valence-electron chi connectivity index (χ2n) is 3.40. The van der Waals surface area contributed by atoms with Gasteiger partial charge in [-0.15, -0.1) is 0 Å². The highest BCUT2D eigenvalue weighted by molar-refractivity contribution is 5.72. The van der Waals surface area contributed by atoms with E-state index in [-0.39, 0.29) is 11.9 Å². The van der Waals surface area contributed by atoms with Crippen LogP contribution in [0.3, 0.4) is 0 Å². The first kappa shape index (κ1) is 13.2. The maximum absolute atomic E-state index is 11.4. The highest BCUT2D eigenvalue weighted by Crippen LogP contribution is 2.09. The Balaban J connectivity index is 3.62. The van der Waals surface area contributed by atoms with Crippen molar-refractivity contribution >= 4 is 5.97 Å². The van der Waals surface area contributed by atoms with E-state index >= 15 is 0 Å². The molecule has 14 heavy (non-hydrogen) atoms. The number of hydrogen-bond donors (Lipinski definition) is 0. The molecule has 0 aliphatic heterocycles. The first-order chi connectivity index (χ1) is 6.76. The molecule has 82 valence electrons. The van der Waals surface area contributed by atoms with Gasteiger partial charge in [-0.05, 0) is 19.3 Å². The van der Waals surface area contributed by atoms with Crippen molar-refractivity contribution in [2.24, 2.45) is 5.92 Å². The third-order valence-corrected chi connectivity index (χ3v) is 2.26. The molecule has 0 aromatic carbocycles. The summed E-state index contributed by atoms with van der Waals surface area (Å²) in [5, 5.41) is 0. The summed E-state index contributed by atoms with van der Waals surface area (Å²) >= 11 is 0. The van der Waals surface area contributed by atoms with E-state index in [1.165, 1.54) is 0 Å². The fourth-order valence-electron chi connectivity index (χ4n) is 1.22. The number of esters is 1. The predicted molar refractivity (Wildman–Crippen MR) is 59.1 cm³/mol. The molecule has 0 aliphatic rings. The Hall–Kier alpha value is -0.790. The zero-order valence-electron chi connectivity index (χ0n) is 9.58. The molecule has 0 bridgehead atoms. The Bertz CT molecular complexity index is 169. The number of carbonyl (C=O) groups excluding carboxylic acids is 1. The van der Waals surface area contributed by atoms with Crippen LogP contribution in [-0.2, 0) is 9.53 Å². The second-order valence-corrected chi connectivity index (χ2v) is 3.40. The average molecular weight is 198 g/mol. The summed E-state index contributed by atoms with van der Waals surface area (Å²) in [6.45, 7) is 6.58. The molecule has 0 spiro atoms. The molecule has 0 N–H and O–H groups in total. The number of unbranched alkanes of at least 4 members (excludes halogenated alkanes) is 1. The van der Waals surface area contributed by atoms with Crippen molar-refractivity contribution in [1.29, 1.82) is 0 Å². The topological polar surface area (TPSA) is 26.3 Å². The molecule has 0 heterocycles. The van der Waals surface area contributed by atoms with Crippen molar-refractivity contribution in [3.05, 3.63) is 12.2 Å². The zero-order chi connectivity index (χ0) is 10.8. The van der Waals surface area contributed by atoms with Crippen molar-refractivity contribution in [2.45, 2.75) is 46.5 Å². The molecule has 0 aromatic heterocycles. The molecule has 0 rings (SSSR count). The van der Waals surface area contributed by atoms with Crippen molar-refractivity contribution in [3.8, 4) is 0 Å². The summed E-state index contributed by atoms with van der Waals surface area (Å²) in [4.78, 5) is 11.4. The second kappa shape index (κ2) is 8.79. The first-order valence-electron chi connectivity index (χ1n) is 5.57. The minimum Gasteiger partial charge on any atom is -0.461 e. The Morgan fingerprint density at radius 2 is 1.86 bits per heavy atom. The third-order valence-electron chi connectivity index (χ3n) is 2.26. The predicted octanol–water partition coefficient (Wildman–Crippen LogP) is 3.32. The summed E-state index contributed by atoms with van der Waals surface area (Å²) in [5.74, 6) is 0.0192. The number of allylic oxidation sites excluding steroid dienone is 1. The van der Waals surface area contributed by atoms with Gasteiger partial charge < -0.3 is 4.74 Å². The molecule has 0 aliphatic carbocycles. The fraction of sp³-hybridized carbons (Fsp3) is 0.750. The quantitative estimate of drug-likeness (QED) is 0.463. The van der Waals surface area contributed by atoms with Gasteiger partial charge in [-0.2, -0.15) is 0 Å². The molecular weight excluding hydrogens is 176 g/mol. The number of hydrogen-bond acceptors (Lipinski definition) is 2. The van der Waals surface area contributed by atoms with Crippen LogP contribution in [0.2, 0.25) is 0 Å². The number of rotatable bonds is 7. The smallest absolute Gasteiger partial charge is 0.309 e. The lowest BCUT2D eigenvalue weighted by Gasteiger charge is -2.10. The highest BCUT2D eigenvalue weighted by Gasteiger charge is 2.14. The summed E-state index contributed by atoms with van der Waals surface area (Å²) in [5.41, 5.74) is 0. The maximum Gasteiger partial charge on any atom is 0.309 e. The number of carbonyl (C=O) groups is 1. The molecule has 2 heteroatoms. The molecule has 0 fully saturated rings. The van der Waals surface area contributed by atoms with E-state index in [2.05, 4.69) is 13.0 Å². The lowest BCUT2D eigenvalue weighted by atomic mass is 10.0. The summed E-state index contributed by atoms with van der Waals surface area (Å²) < 4.78 is 5.11. The van der Waals surface area contributed by atoms with E-state index in [4.69, 9.17) is 4.74 Å². The Morgan fingerprint density at radius 3 is 2.36 bits per heavy atom. The van der Waals surface area contributed by atoms with Gasteiger partial charge in [0.05, 0.1) is 5.92 Å². The highest BCUT2D eigenvalue weighted by atomic mass is 16.5. The van der Waals surface area contributed by atoms with Crippen LogP contribution in [0.4, 0.5) is 0 Å². The molecule has 0 radical (unpaired) electrons. The van der Waals surface area contributed by atoms with Crippen LogP contribution >= 0.6 is 0 Å². The maximum atomic E-state index is 11.4. The SMILES string of the molecule is CCC/C=C/COC(=O)C(CC)CC. The van der Waals surface area contributed by atoms with Gasteiger partial charge >= 0.3 is 5.97 Å². The van der Waals surface area contributed by atoms with Crippen molar-refractivity contribution in [2.75, 3.05) is 6.61 Å². The van der Waals surface area contributed by atoms with E-state index in [0.29, 0.717) is 6.61 Å². The molecule has 0 atom stereocenters. The van der Waals surface area contributed by atoms with Crippen LogP contribution in [0.5, 0.6) is 0 Å². The number of ether oxygens (including phenoxy) is 1. The first-order valence-corrected chi connectivity index (χ1v) is 5.57. The Labute approximate surface area is 87.3 Å². The average Bonchev–Trinajstić information content (AvgIpc) is 2.19. The molecule has 0 aromatic rings. The Kier molecular flexibility index (Phi) is 8.30. The van der Waals surface area contributed by atoms with Crippen LogP contribution in [0.1, 0.15) is 46.5 Å². The van der Waals surface area contributed by atoms with Gasteiger partial charge in [-0.3, -0.25) is 4.79 Å². The molecular formula is C12H22O2. The van der Waals surface area contributed by atoms with Gasteiger partial charge in [-0.25, -0.2) is 0 Å². The summed E-state index contributed by atoms with van der Waals surface area (Å²) in [6, 6.07) is 0. The van der Waals surface area contributed by atoms with E-state index < -0.39 is 0 Å². The zero-order valence-corrected chi connectivity index (χ0v) is 9.58. The van der Waals surface area contributed by atoms with E-state index in [0.717, 1.165) is 25.7 Å². The minimum absolute atomic E-state index is 0.0591. The van der Waals surface area contributed by atoms with Crippen LogP contribution in [0, 0.1) is 5.92 Å². The van der Waals surface area contributed by atoms with Crippen LogP contribution in [-0.4, -0.2) is 12.6 Å². The molecule has 0 saturated heterocycles. The molecule has 0 unspecified atom stereocenters. The monoisotopic (exact) mass is 198 g/mol. The van der Waals surface area contributed by atoms with E-state index in [1.54, 1.807) is 0 Å². The molecule has 0 amide bonds. The summed E-state index contributed by atoms with van der Waals surface area (Å²) in [7, 11) is 0. The van der Waals surface area contributed by atoms with Crippen LogP contribution in [0.15, 0.2) is 12.2 Å². The normalized spacial score (nSPS) is 11.1. The molecule has 0 saturated carbocycles. The van der Waals surface area contributed by atoms with Gasteiger partial charge in [0.1, 0.15) is 6.61 Å². The Morgan fingerprint density at radius 1 is 1.21 bits per heavy atom. The molecule has 2 nitrogen and oxygen atoms in total. The third kappa shape index (κ3) is 5.79. The van der Waals surface area contributed by atoms with Crippen molar-refractivity contribution < 1.29 is 9.53 Å². The van der Waals surface area contributed by atoms with Crippen LogP contribution in [0.25, 0.3) is 0 Å². The van der Waals surface area contributed by atoms with Crippen LogP contribution < -0.4 is 0 Å². The summed E-state index contributed by atoms with van der Waals surface area (Å²) in [6.07, 6.45) is 7.91. The van der Waals surface area contributed by atoms with Gasteiger partial charge in [0.25, 0.3) is 0 Å². The lowest BCUT2D eigenvalue weighted by molar-refractivity contribution is -0.147. The van der Waals surface area contributed by atoms with E-state index in [9.17, 15) is 4.79 Å². The van der Waals surface area contributed by atoms with E-state index in [1.807, 2.05) is 19.9 Å². The fourth-order valence-corrected chi connectivity index (χ4v) is 1.22. The van der Waals surface area contributed by atoms with Gasteiger partial charge in [0.2, 0.25) is 0 Å². The minimum atomic E-state index is -0.0591.